The van der Waals surface area contributed by atoms with Crippen molar-refractivity contribution < 1.29 is 18.3 Å². The highest BCUT2D eigenvalue weighted by Gasteiger charge is 2.29. The van der Waals surface area contributed by atoms with Gasteiger partial charge in [-0.2, -0.15) is 0 Å². The van der Waals surface area contributed by atoms with E-state index in [1.54, 1.807) is 25.7 Å². The van der Waals surface area contributed by atoms with E-state index in [4.69, 9.17) is 4.74 Å². The van der Waals surface area contributed by atoms with Crippen molar-refractivity contribution in [2.45, 2.75) is 45.3 Å². The molecule has 0 atom stereocenters. The zero-order valence-electron chi connectivity index (χ0n) is 14.4. The van der Waals surface area contributed by atoms with Crippen molar-refractivity contribution in [2.75, 3.05) is 13.1 Å². The van der Waals surface area contributed by atoms with Crippen LogP contribution in [0.25, 0.3) is 11.0 Å². The Kier molecular flexibility index (Phi) is 4.30. The normalized spacial score (nSPS) is 16.4. The smallest absolute Gasteiger partial charge is 0.410 e. The Morgan fingerprint density at radius 3 is 2.48 bits per heavy atom. The number of halogens is 2. The molecule has 0 unspecified atom stereocenters. The van der Waals surface area contributed by atoms with Gasteiger partial charge in [-0.1, -0.05) is 0 Å². The number of rotatable bonds is 1. The second kappa shape index (κ2) is 6.16. The largest absolute Gasteiger partial charge is 0.444 e. The number of likely N-dealkylation sites (tertiary alicyclic amines) is 1. The molecule has 1 aromatic carbocycles. The number of carbonyl (C=O) groups is 1. The number of aromatic nitrogens is 2. The summed E-state index contributed by atoms with van der Waals surface area (Å²) in [6.45, 7) is 6.15. The van der Waals surface area contributed by atoms with Gasteiger partial charge in [-0.25, -0.2) is 18.4 Å². The molecule has 0 saturated carbocycles. The standard InChI is InChI=1S/C17H21F2N3O3/c1-17(2,3)25-16(24)21-8-6-10(7-9-21)22-14-12(20-15(22)23)5-4-11(18)13(14)19/h4-5,10H,6-9H2,1-3H3,(H,20,23). The number of piperidine rings is 1. The molecule has 2 heterocycles. The Bertz CT molecular complexity index is 858. The summed E-state index contributed by atoms with van der Waals surface area (Å²) in [6, 6.07) is 2.03. The van der Waals surface area contributed by atoms with Gasteiger partial charge in [0.25, 0.3) is 0 Å². The van der Waals surface area contributed by atoms with E-state index in [1.165, 1.54) is 10.6 Å². The van der Waals surface area contributed by atoms with Gasteiger partial charge >= 0.3 is 11.8 Å². The number of carbonyl (C=O) groups excluding carboxylic acids is 1. The minimum atomic E-state index is -1.04. The van der Waals surface area contributed by atoms with Gasteiger partial charge in [0, 0.05) is 19.1 Å². The van der Waals surface area contributed by atoms with E-state index in [0.717, 1.165) is 6.07 Å². The zero-order valence-corrected chi connectivity index (χ0v) is 14.4. The van der Waals surface area contributed by atoms with Gasteiger partial charge in [-0.15, -0.1) is 0 Å². The topological polar surface area (TPSA) is 67.3 Å². The quantitative estimate of drug-likeness (QED) is 0.856. The van der Waals surface area contributed by atoms with Crippen molar-refractivity contribution in [1.82, 2.24) is 14.5 Å². The lowest BCUT2D eigenvalue weighted by Crippen LogP contribution is -2.43. The molecule has 6 nitrogen and oxygen atoms in total. The summed E-state index contributed by atoms with van der Waals surface area (Å²) in [5, 5.41) is 0. The molecule has 136 valence electrons. The first kappa shape index (κ1) is 17.4. The second-order valence-corrected chi connectivity index (χ2v) is 7.26. The van der Waals surface area contributed by atoms with Crippen molar-refractivity contribution >= 4 is 17.1 Å². The van der Waals surface area contributed by atoms with E-state index < -0.39 is 29.0 Å². The van der Waals surface area contributed by atoms with Gasteiger partial charge < -0.3 is 14.6 Å². The predicted molar refractivity (Wildman–Crippen MR) is 88.6 cm³/mol. The second-order valence-electron chi connectivity index (χ2n) is 7.26. The fraction of sp³-hybridized carbons (Fsp3) is 0.529. The minimum Gasteiger partial charge on any atom is -0.444 e. The van der Waals surface area contributed by atoms with Gasteiger partial charge in [0.1, 0.15) is 11.1 Å². The molecule has 0 aliphatic carbocycles. The van der Waals surface area contributed by atoms with E-state index >= 15 is 0 Å². The summed E-state index contributed by atoms with van der Waals surface area (Å²) < 4.78 is 34.3. The van der Waals surface area contributed by atoms with Gasteiger partial charge in [-0.05, 0) is 45.7 Å². The van der Waals surface area contributed by atoms with Crippen LogP contribution in [0.4, 0.5) is 13.6 Å². The van der Waals surface area contributed by atoms with Crippen molar-refractivity contribution in [1.29, 1.82) is 0 Å². The summed E-state index contributed by atoms with van der Waals surface area (Å²) in [5.41, 5.74) is -0.850. The lowest BCUT2D eigenvalue weighted by Gasteiger charge is -2.33. The summed E-state index contributed by atoms with van der Waals surface area (Å²) in [5.74, 6) is -2.03. The molecule has 1 saturated heterocycles. The zero-order chi connectivity index (χ0) is 18.4. The molecule has 1 aromatic heterocycles. The summed E-state index contributed by atoms with van der Waals surface area (Å²) in [4.78, 5) is 28.4. The average Bonchev–Trinajstić information content (AvgIpc) is 2.86. The van der Waals surface area contributed by atoms with E-state index in [1.807, 2.05) is 0 Å². The molecular formula is C17H21F2N3O3. The molecule has 1 aliphatic rings. The highest BCUT2D eigenvalue weighted by Crippen LogP contribution is 2.27. The third kappa shape index (κ3) is 3.38. The molecule has 0 bridgehead atoms. The van der Waals surface area contributed by atoms with Gasteiger partial charge in [0.15, 0.2) is 11.6 Å². The third-order valence-electron chi connectivity index (χ3n) is 4.25. The Hall–Kier alpha value is -2.38. The number of amides is 1. The summed E-state index contributed by atoms with van der Waals surface area (Å²) in [6.07, 6.45) is 0.513. The maximum Gasteiger partial charge on any atom is 0.410 e. The number of imidazole rings is 1. The highest BCUT2D eigenvalue weighted by atomic mass is 19.2. The minimum absolute atomic E-state index is 0.0549. The predicted octanol–water partition coefficient (Wildman–Crippen LogP) is 3.18. The van der Waals surface area contributed by atoms with E-state index in [9.17, 15) is 18.4 Å². The molecule has 1 amide bonds. The highest BCUT2D eigenvalue weighted by molar-refractivity contribution is 5.76. The maximum atomic E-state index is 14.2. The first-order valence-corrected chi connectivity index (χ1v) is 8.23. The molecule has 3 rings (SSSR count). The van der Waals surface area contributed by atoms with E-state index in [2.05, 4.69) is 4.98 Å². The van der Waals surface area contributed by atoms with Crippen LogP contribution >= 0.6 is 0 Å². The summed E-state index contributed by atoms with van der Waals surface area (Å²) >= 11 is 0. The Morgan fingerprint density at radius 1 is 1.24 bits per heavy atom. The van der Waals surface area contributed by atoms with Crippen LogP contribution in [0.2, 0.25) is 0 Å². The van der Waals surface area contributed by atoms with Crippen molar-refractivity contribution in [3.8, 4) is 0 Å². The van der Waals surface area contributed by atoms with Gasteiger partial charge in [0.2, 0.25) is 0 Å². The van der Waals surface area contributed by atoms with E-state index in [0.29, 0.717) is 25.9 Å². The van der Waals surface area contributed by atoms with Crippen LogP contribution < -0.4 is 5.69 Å². The van der Waals surface area contributed by atoms with Gasteiger partial charge in [-0.3, -0.25) is 4.57 Å². The van der Waals surface area contributed by atoms with Gasteiger partial charge in [0.05, 0.1) is 5.52 Å². The molecular weight excluding hydrogens is 332 g/mol. The Balaban J connectivity index is 1.81. The lowest BCUT2D eigenvalue weighted by atomic mass is 10.0. The number of benzene rings is 1. The molecule has 0 spiro atoms. The number of hydrogen-bond donors (Lipinski definition) is 1. The lowest BCUT2D eigenvalue weighted by molar-refractivity contribution is 0.0188. The first-order chi connectivity index (χ1) is 11.7. The number of H-pyrrole nitrogens is 1. The summed E-state index contributed by atoms with van der Waals surface area (Å²) in [7, 11) is 0. The third-order valence-corrected chi connectivity index (χ3v) is 4.25. The van der Waals surface area contributed by atoms with Crippen molar-refractivity contribution in [3.63, 3.8) is 0 Å². The number of nitrogens with one attached hydrogen (secondary N) is 1. The molecule has 1 aliphatic heterocycles. The van der Waals surface area contributed by atoms with E-state index in [-0.39, 0.29) is 17.1 Å². The van der Waals surface area contributed by atoms with Crippen molar-refractivity contribution in [2.24, 2.45) is 0 Å². The van der Waals surface area contributed by atoms with Crippen LogP contribution in [0.15, 0.2) is 16.9 Å². The van der Waals surface area contributed by atoms with Crippen LogP contribution in [0, 0.1) is 11.6 Å². The van der Waals surface area contributed by atoms with Crippen LogP contribution in [-0.4, -0.2) is 39.2 Å². The SMILES string of the molecule is CC(C)(C)OC(=O)N1CCC(n2c(=O)[nH]c3ccc(F)c(F)c32)CC1. The number of fused-ring (bicyclic) bond motifs is 1. The molecule has 0 radical (unpaired) electrons. The number of ether oxygens (including phenoxy) is 1. The number of aromatic amines is 1. The van der Waals surface area contributed by atoms with Crippen LogP contribution in [0.5, 0.6) is 0 Å². The molecule has 1 fully saturated rings. The molecule has 8 heteroatoms. The molecule has 2 aromatic rings. The Labute approximate surface area is 143 Å². The fourth-order valence-electron chi connectivity index (χ4n) is 3.13. The Morgan fingerprint density at radius 2 is 1.88 bits per heavy atom. The molecule has 25 heavy (non-hydrogen) atoms. The average molecular weight is 353 g/mol. The number of nitrogens with zero attached hydrogens (tertiary/aromatic N) is 2. The van der Waals surface area contributed by atoms with Crippen LogP contribution in [0.1, 0.15) is 39.7 Å². The van der Waals surface area contributed by atoms with Crippen LogP contribution in [-0.2, 0) is 4.74 Å². The number of hydrogen-bond acceptors (Lipinski definition) is 3. The maximum absolute atomic E-state index is 14.2. The van der Waals surface area contributed by atoms with Crippen LogP contribution in [0.3, 0.4) is 0 Å². The molecule has 1 N–H and O–H groups in total. The fourth-order valence-corrected chi connectivity index (χ4v) is 3.13. The first-order valence-electron chi connectivity index (χ1n) is 8.23. The monoisotopic (exact) mass is 353 g/mol. The van der Waals surface area contributed by atoms with Crippen molar-refractivity contribution in [3.05, 3.63) is 34.3 Å².